The van der Waals surface area contributed by atoms with Crippen LogP contribution in [0.15, 0.2) is 18.3 Å². The topological polar surface area (TPSA) is 71.5 Å². The van der Waals surface area contributed by atoms with Crippen LogP contribution in [0.25, 0.3) is 0 Å². The van der Waals surface area contributed by atoms with E-state index in [1.165, 1.54) is 0 Å². The number of aliphatic hydroxyl groups excluding tert-OH is 1. The number of nitrogens with one attached hydrogen (secondary N) is 1. The second-order valence-electron chi connectivity index (χ2n) is 2.64. The zero-order valence-electron chi connectivity index (χ0n) is 7.86. The lowest BCUT2D eigenvalue weighted by molar-refractivity contribution is 0.0167. The van der Waals surface area contributed by atoms with Gasteiger partial charge < -0.3 is 5.11 Å². The second kappa shape index (κ2) is 5.31. The summed E-state index contributed by atoms with van der Waals surface area (Å²) in [5.74, 6) is -0.357. The molecule has 0 fully saturated rings. The number of hydrogen-bond acceptors (Lipinski definition) is 4. The highest BCUT2D eigenvalue weighted by Crippen LogP contribution is 2.02. The average molecular weight is 196 g/mol. The van der Waals surface area contributed by atoms with E-state index in [0.717, 1.165) is 0 Å². The minimum absolute atomic E-state index is 0.0745. The monoisotopic (exact) mass is 196 g/mol. The van der Waals surface area contributed by atoms with Crippen LogP contribution in [0.2, 0.25) is 0 Å². The Hall–Kier alpha value is -1.46. The van der Waals surface area contributed by atoms with Crippen molar-refractivity contribution in [3.63, 3.8) is 0 Å². The molecule has 0 atom stereocenters. The Labute approximate surface area is 81.7 Å². The van der Waals surface area contributed by atoms with E-state index in [-0.39, 0.29) is 19.1 Å². The van der Waals surface area contributed by atoms with Crippen molar-refractivity contribution in [3.05, 3.63) is 29.6 Å². The number of hydroxylamine groups is 1. The van der Waals surface area contributed by atoms with Crippen LogP contribution in [0.5, 0.6) is 0 Å². The van der Waals surface area contributed by atoms with E-state index >= 15 is 0 Å². The van der Waals surface area contributed by atoms with Crippen molar-refractivity contribution in [1.29, 1.82) is 0 Å². The molecule has 0 aliphatic carbocycles. The normalized spacial score (nSPS) is 9.86. The van der Waals surface area contributed by atoms with Gasteiger partial charge in [0.15, 0.2) is 0 Å². The van der Waals surface area contributed by atoms with E-state index in [4.69, 9.17) is 5.11 Å². The number of pyridine rings is 1. The maximum atomic E-state index is 11.4. The summed E-state index contributed by atoms with van der Waals surface area (Å²) in [6.45, 7) is 1.68. The van der Waals surface area contributed by atoms with Gasteiger partial charge in [-0.2, -0.15) is 0 Å². The lowest BCUT2D eigenvalue weighted by Gasteiger charge is -2.05. The smallest absolute Gasteiger partial charge is 0.276 e. The van der Waals surface area contributed by atoms with Crippen LogP contribution in [-0.4, -0.2) is 29.2 Å². The molecule has 0 radical (unpaired) electrons. The van der Waals surface area contributed by atoms with Crippen LogP contribution < -0.4 is 5.48 Å². The number of aryl methyl sites for hydroxylation is 1. The van der Waals surface area contributed by atoms with Crippen LogP contribution >= 0.6 is 0 Å². The number of carbonyl (C=O) groups excluding carboxylic acids is 1. The van der Waals surface area contributed by atoms with Crippen LogP contribution in [0.1, 0.15) is 16.1 Å². The fourth-order valence-corrected chi connectivity index (χ4v) is 0.941. The molecule has 5 heteroatoms. The number of amides is 1. The minimum Gasteiger partial charge on any atom is -0.394 e. The lowest BCUT2D eigenvalue weighted by atomic mass is 10.2. The third-order valence-corrected chi connectivity index (χ3v) is 1.61. The predicted octanol–water partition coefficient (Wildman–Crippen LogP) is 0.0437. The lowest BCUT2D eigenvalue weighted by Crippen LogP contribution is -2.26. The summed E-state index contributed by atoms with van der Waals surface area (Å²) in [7, 11) is 0. The molecule has 1 amide bonds. The first-order chi connectivity index (χ1) is 6.75. The van der Waals surface area contributed by atoms with Gasteiger partial charge in [0, 0.05) is 6.20 Å². The van der Waals surface area contributed by atoms with Crippen LogP contribution in [-0.2, 0) is 4.84 Å². The molecule has 5 nitrogen and oxygen atoms in total. The Kier molecular flexibility index (Phi) is 4.03. The molecule has 1 aromatic rings. The highest BCUT2D eigenvalue weighted by Gasteiger charge is 2.08. The first kappa shape index (κ1) is 10.6. The van der Waals surface area contributed by atoms with Crippen molar-refractivity contribution >= 4 is 5.91 Å². The first-order valence-corrected chi connectivity index (χ1v) is 4.20. The summed E-state index contributed by atoms with van der Waals surface area (Å²) >= 11 is 0. The Bertz CT molecular complexity index is 315. The Morgan fingerprint density at radius 3 is 3.14 bits per heavy atom. The maximum absolute atomic E-state index is 11.4. The fraction of sp³-hybridized carbons (Fsp3) is 0.333. The highest BCUT2D eigenvalue weighted by molar-refractivity contribution is 5.94. The van der Waals surface area contributed by atoms with Crippen molar-refractivity contribution in [3.8, 4) is 0 Å². The molecule has 0 spiro atoms. The summed E-state index contributed by atoms with van der Waals surface area (Å²) in [6.07, 6.45) is 1.61. The van der Waals surface area contributed by atoms with Crippen molar-refractivity contribution in [1.82, 2.24) is 10.5 Å². The summed E-state index contributed by atoms with van der Waals surface area (Å²) in [6, 6.07) is 3.33. The van der Waals surface area contributed by atoms with Crippen LogP contribution in [0, 0.1) is 6.92 Å². The van der Waals surface area contributed by atoms with Gasteiger partial charge in [-0.25, -0.2) is 5.48 Å². The first-order valence-electron chi connectivity index (χ1n) is 4.20. The third-order valence-electron chi connectivity index (χ3n) is 1.61. The number of aliphatic hydroxyl groups is 1. The molecule has 0 aliphatic rings. The molecule has 0 aliphatic heterocycles. The summed E-state index contributed by atoms with van der Waals surface area (Å²) < 4.78 is 0. The molecule has 0 unspecified atom stereocenters. The van der Waals surface area contributed by atoms with Crippen molar-refractivity contribution in [2.45, 2.75) is 6.92 Å². The SMILES string of the molecule is Cc1ncccc1C(=O)NOCCO. The molecule has 0 aromatic carbocycles. The number of nitrogens with zero attached hydrogens (tertiary/aromatic N) is 1. The Morgan fingerprint density at radius 1 is 1.71 bits per heavy atom. The number of rotatable bonds is 4. The molecule has 1 rings (SSSR count). The molecular weight excluding hydrogens is 184 g/mol. The highest BCUT2D eigenvalue weighted by atomic mass is 16.7. The number of aromatic nitrogens is 1. The van der Waals surface area contributed by atoms with Crippen molar-refractivity contribution in [2.24, 2.45) is 0 Å². The van der Waals surface area contributed by atoms with Crippen LogP contribution in [0.3, 0.4) is 0 Å². The minimum atomic E-state index is -0.357. The van der Waals surface area contributed by atoms with E-state index in [1.54, 1.807) is 25.3 Å². The van der Waals surface area contributed by atoms with E-state index < -0.39 is 0 Å². The van der Waals surface area contributed by atoms with Gasteiger partial charge in [-0.05, 0) is 19.1 Å². The maximum Gasteiger partial charge on any atom is 0.276 e. The molecule has 1 heterocycles. The van der Waals surface area contributed by atoms with Gasteiger partial charge >= 0.3 is 0 Å². The molecule has 14 heavy (non-hydrogen) atoms. The van der Waals surface area contributed by atoms with Crippen molar-refractivity contribution < 1.29 is 14.7 Å². The molecule has 76 valence electrons. The standard InChI is InChI=1S/C9H12N2O3/c1-7-8(3-2-4-10-7)9(13)11-14-6-5-12/h2-4,12H,5-6H2,1H3,(H,11,13). The number of hydrogen-bond donors (Lipinski definition) is 2. The molecular formula is C9H12N2O3. The quantitative estimate of drug-likeness (QED) is 0.527. The van der Waals surface area contributed by atoms with E-state index in [9.17, 15) is 4.79 Å². The zero-order valence-corrected chi connectivity index (χ0v) is 7.86. The van der Waals surface area contributed by atoms with E-state index in [2.05, 4.69) is 15.3 Å². The van der Waals surface area contributed by atoms with Gasteiger partial charge in [0.1, 0.15) is 0 Å². The van der Waals surface area contributed by atoms with Gasteiger partial charge in [0.05, 0.1) is 24.5 Å². The Balaban J connectivity index is 2.56. The van der Waals surface area contributed by atoms with E-state index in [1.807, 2.05) is 0 Å². The van der Waals surface area contributed by atoms with Gasteiger partial charge in [-0.1, -0.05) is 0 Å². The van der Waals surface area contributed by atoms with Gasteiger partial charge in [0.25, 0.3) is 5.91 Å². The van der Waals surface area contributed by atoms with Crippen molar-refractivity contribution in [2.75, 3.05) is 13.2 Å². The van der Waals surface area contributed by atoms with Gasteiger partial charge in [-0.15, -0.1) is 0 Å². The summed E-state index contributed by atoms with van der Waals surface area (Å²) in [5.41, 5.74) is 3.30. The van der Waals surface area contributed by atoms with Gasteiger partial charge in [0.2, 0.25) is 0 Å². The average Bonchev–Trinajstić information content (AvgIpc) is 2.18. The molecule has 2 N–H and O–H groups in total. The van der Waals surface area contributed by atoms with Crippen LogP contribution in [0.4, 0.5) is 0 Å². The number of carbonyl (C=O) groups is 1. The third kappa shape index (κ3) is 2.79. The molecule has 0 saturated heterocycles. The Morgan fingerprint density at radius 2 is 2.50 bits per heavy atom. The summed E-state index contributed by atoms with van der Waals surface area (Å²) in [5, 5.41) is 8.42. The largest absolute Gasteiger partial charge is 0.394 e. The second-order valence-corrected chi connectivity index (χ2v) is 2.64. The molecule has 0 bridgehead atoms. The zero-order chi connectivity index (χ0) is 10.4. The van der Waals surface area contributed by atoms with Gasteiger partial charge in [-0.3, -0.25) is 14.6 Å². The molecule has 0 saturated carbocycles. The van der Waals surface area contributed by atoms with E-state index in [0.29, 0.717) is 11.3 Å². The molecule has 1 aromatic heterocycles. The predicted molar refractivity (Wildman–Crippen MR) is 49.5 cm³/mol. The fourth-order valence-electron chi connectivity index (χ4n) is 0.941. The summed E-state index contributed by atoms with van der Waals surface area (Å²) in [4.78, 5) is 20.0.